The third-order valence-electron chi connectivity index (χ3n) is 4.68. The van der Waals surface area contributed by atoms with Gasteiger partial charge in [0.1, 0.15) is 5.54 Å². The molecule has 1 fully saturated rings. The van der Waals surface area contributed by atoms with Crippen molar-refractivity contribution in [1.82, 2.24) is 9.62 Å². The highest BCUT2D eigenvalue weighted by Gasteiger charge is 2.42. The number of nitrogens with zero attached hydrogens (tertiary/aromatic N) is 1. The molecule has 1 saturated carbocycles. The Kier molecular flexibility index (Phi) is 5.84. The summed E-state index contributed by atoms with van der Waals surface area (Å²) < 4.78 is 26.2. The predicted molar refractivity (Wildman–Crippen MR) is 92.8 cm³/mol. The second-order valence-corrected chi connectivity index (χ2v) is 8.10. The molecule has 1 aliphatic carbocycles. The number of rotatable bonds is 7. The molecule has 0 saturated heterocycles. The van der Waals surface area contributed by atoms with Crippen LogP contribution in [0.4, 0.5) is 0 Å². The van der Waals surface area contributed by atoms with Gasteiger partial charge in [-0.3, -0.25) is 4.79 Å². The highest BCUT2D eigenvalue weighted by atomic mass is 32.2. The van der Waals surface area contributed by atoms with Crippen molar-refractivity contribution in [2.24, 2.45) is 0 Å². The van der Waals surface area contributed by atoms with Crippen molar-refractivity contribution in [3.8, 4) is 0 Å². The minimum Gasteiger partial charge on any atom is -0.480 e. The zero-order chi connectivity index (χ0) is 18.7. The van der Waals surface area contributed by atoms with E-state index >= 15 is 0 Å². The monoisotopic (exact) mass is 368 g/mol. The smallest absolute Gasteiger partial charge is 0.329 e. The third-order valence-corrected chi connectivity index (χ3v) is 6.74. The number of amides is 1. The summed E-state index contributed by atoms with van der Waals surface area (Å²) in [4.78, 5) is 24.0. The van der Waals surface area contributed by atoms with Crippen molar-refractivity contribution in [2.75, 3.05) is 13.1 Å². The first kappa shape index (κ1) is 19.4. The molecule has 0 bridgehead atoms. The lowest BCUT2D eigenvalue weighted by molar-refractivity contribution is -0.144. The second kappa shape index (κ2) is 7.53. The second-order valence-electron chi connectivity index (χ2n) is 6.16. The number of carboxylic acids is 1. The Hall–Kier alpha value is -1.93. The molecule has 1 aliphatic rings. The lowest BCUT2D eigenvalue weighted by Crippen LogP contribution is -2.52. The van der Waals surface area contributed by atoms with Crippen molar-refractivity contribution in [3.05, 3.63) is 29.8 Å². The molecule has 0 atom stereocenters. The number of hydrogen-bond acceptors (Lipinski definition) is 4. The molecule has 0 aliphatic heterocycles. The van der Waals surface area contributed by atoms with Gasteiger partial charge in [0.2, 0.25) is 10.0 Å². The third kappa shape index (κ3) is 3.85. The summed E-state index contributed by atoms with van der Waals surface area (Å²) in [6, 6.07) is 5.59. The Bertz CT molecular complexity index is 733. The van der Waals surface area contributed by atoms with Gasteiger partial charge in [0.25, 0.3) is 5.91 Å². The maximum absolute atomic E-state index is 12.4. The van der Waals surface area contributed by atoms with E-state index in [9.17, 15) is 23.1 Å². The van der Waals surface area contributed by atoms with E-state index in [4.69, 9.17) is 0 Å². The maximum atomic E-state index is 12.4. The molecule has 2 rings (SSSR count). The van der Waals surface area contributed by atoms with Gasteiger partial charge in [0.15, 0.2) is 0 Å². The first-order valence-corrected chi connectivity index (χ1v) is 9.87. The van der Waals surface area contributed by atoms with E-state index in [0.717, 1.165) is 12.8 Å². The van der Waals surface area contributed by atoms with E-state index in [2.05, 4.69) is 5.32 Å². The van der Waals surface area contributed by atoms with Gasteiger partial charge >= 0.3 is 5.97 Å². The topological polar surface area (TPSA) is 104 Å². The molecule has 1 amide bonds. The molecule has 138 valence electrons. The fraction of sp³-hybridized carbons (Fsp3) is 0.529. The van der Waals surface area contributed by atoms with Gasteiger partial charge in [-0.2, -0.15) is 4.31 Å². The largest absolute Gasteiger partial charge is 0.480 e. The van der Waals surface area contributed by atoms with E-state index in [1.54, 1.807) is 13.8 Å². The van der Waals surface area contributed by atoms with Crippen molar-refractivity contribution in [3.63, 3.8) is 0 Å². The molecule has 8 heteroatoms. The summed E-state index contributed by atoms with van der Waals surface area (Å²) in [5, 5.41) is 12.0. The number of carboxylic acid groups (broad SMARTS) is 1. The quantitative estimate of drug-likeness (QED) is 0.764. The summed E-state index contributed by atoms with van der Waals surface area (Å²) in [5.41, 5.74) is -0.978. The minimum atomic E-state index is -3.58. The maximum Gasteiger partial charge on any atom is 0.329 e. The highest BCUT2D eigenvalue weighted by Crippen LogP contribution is 2.30. The number of nitrogens with one attached hydrogen (secondary N) is 1. The van der Waals surface area contributed by atoms with Crippen molar-refractivity contribution < 1.29 is 23.1 Å². The zero-order valence-electron chi connectivity index (χ0n) is 14.5. The normalized spacial score (nSPS) is 16.8. The summed E-state index contributed by atoms with van der Waals surface area (Å²) in [6.45, 7) is 4.25. The first-order chi connectivity index (χ1) is 11.8. The zero-order valence-corrected chi connectivity index (χ0v) is 15.3. The van der Waals surface area contributed by atoms with Crippen LogP contribution in [0.1, 0.15) is 49.9 Å². The molecule has 1 aromatic carbocycles. The number of aliphatic carboxylic acids is 1. The summed E-state index contributed by atoms with van der Waals surface area (Å²) in [5.74, 6) is -1.53. The lowest BCUT2D eigenvalue weighted by Gasteiger charge is -2.25. The standard InChI is InChI=1S/C17H24N2O5S/c1-3-19(4-2)25(23,24)14-9-7-13(8-10-14)15(20)18-17(16(21)22)11-5-6-12-17/h7-10H,3-6,11-12H2,1-2H3,(H,18,20)(H,21,22). The molecular weight excluding hydrogens is 344 g/mol. The molecule has 0 spiro atoms. The molecule has 0 radical (unpaired) electrons. The van der Waals surface area contributed by atoms with E-state index in [1.165, 1.54) is 28.6 Å². The average molecular weight is 368 g/mol. The Labute approximate surface area is 148 Å². The van der Waals surface area contributed by atoms with Crippen LogP contribution in [-0.4, -0.2) is 48.3 Å². The van der Waals surface area contributed by atoms with Crippen LogP contribution in [0.2, 0.25) is 0 Å². The molecule has 0 unspecified atom stereocenters. The minimum absolute atomic E-state index is 0.113. The van der Waals surface area contributed by atoms with Crippen LogP contribution in [0.15, 0.2) is 29.2 Å². The SMILES string of the molecule is CCN(CC)S(=O)(=O)c1ccc(C(=O)NC2(C(=O)O)CCCC2)cc1. The van der Waals surface area contributed by atoms with Crippen LogP contribution < -0.4 is 5.32 Å². The fourth-order valence-electron chi connectivity index (χ4n) is 3.15. The fourth-order valence-corrected chi connectivity index (χ4v) is 4.61. The van der Waals surface area contributed by atoms with E-state index in [0.29, 0.717) is 25.9 Å². The summed E-state index contributed by atoms with van der Waals surface area (Å²) >= 11 is 0. The molecule has 0 heterocycles. The van der Waals surface area contributed by atoms with E-state index < -0.39 is 27.4 Å². The molecular formula is C17H24N2O5S. The molecule has 0 aromatic heterocycles. The van der Waals surface area contributed by atoms with Gasteiger partial charge < -0.3 is 10.4 Å². The molecule has 25 heavy (non-hydrogen) atoms. The first-order valence-electron chi connectivity index (χ1n) is 8.43. The Morgan fingerprint density at radius 2 is 1.64 bits per heavy atom. The summed E-state index contributed by atoms with van der Waals surface area (Å²) in [7, 11) is -3.58. The van der Waals surface area contributed by atoms with Crippen LogP contribution >= 0.6 is 0 Å². The average Bonchev–Trinajstić information content (AvgIpc) is 3.05. The Balaban J connectivity index is 2.19. The van der Waals surface area contributed by atoms with Gasteiger partial charge in [-0.15, -0.1) is 0 Å². The number of hydrogen-bond donors (Lipinski definition) is 2. The predicted octanol–water partition coefficient (Wildman–Crippen LogP) is 1.84. The van der Waals surface area contributed by atoms with Gasteiger partial charge in [-0.1, -0.05) is 26.7 Å². The van der Waals surface area contributed by atoms with Crippen LogP contribution in [-0.2, 0) is 14.8 Å². The Morgan fingerprint density at radius 1 is 1.12 bits per heavy atom. The van der Waals surface area contributed by atoms with Gasteiger partial charge in [-0.25, -0.2) is 13.2 Å². The van der Waals surface area contributed by atoms with Crippen LogP contribution in [0, 0.1) is 0 Å². The number of carbonyl (C=O) groups excluding carboxylic acids is 1. The van der Waals surface area contributed by atoms with Gasteiger partial charge in [0, 0.05) is 18.7 Å². The van der Waals surface area contributed by atoms with Crippen molar-refractivity contribution >= 4 is 21.9 Å². The number of carbonyl (C=O) groups is 2. The molecule has 7 nitrogen and oxygen atoms in total. The van der Waals surface area contributed by atoms with E-state index in [-0.39, 0.29) is 10.5 Å². The number of sulfonamides is 1. The number of benzene rings is 1. The van der Waals surface area contributed by atoms with Gasteiger partial charge in [-0.05, 0) is 37.1 Å². The van der Waals surface area contributed by atoms with Crippen LogP contribution in [0.25, 0.3) is 0 Å². The highest BCUT2D eigenvalue weighted by molar-refractivity contribution is 7.89. The molecule has 2 N–H and O–H groups in total. The lowest BCUT2D eigenvalue weighted by atomic mass is 9.97. The van der Waals surface area contributed by atoms with Crippen molar-refractivity contribution in [1.29, 1.82) is 0 Å². The van der Waals surface area contributed by atoms with Crippen LogP contribution in [0.5, 0.6) is 0 Å². The Morgan fingerprint density at radius 3 is 2.08 bits per heavy atom. The van der Waals surface area contributed by atoms with Gasteiger partial charge in [0.05, 0.1) is 4.90 Å². The van der Waals surface area contributed by atoms with E-state index in [1.807, 2.05) is 0 Å². The summed E-state index contributed by atoms with van der Waals surface area (Å²) in [6.07, 6.45) is 2.33. The van der Waals surface area contributed by atoms with Crippen LogP contribution in [0.3, 0.4) is 0 Å². The van der Waals surface area contributed by atoms with Crippen molar-refractivity contribution in [2.45, 2.75) is 50.0 Å². The molecule has 1 aromatic rings.